The van der Waals surface area contributed by atoms with Gasteiger partial charge in [-0.3, -0.25) is 9.69 Å². The molecule has 0 unspecified atom stereocenters. The molecule has 1 saturated heterocycles. The van der Waals surface area contributed by atoms with Crippen LogP contribution in [-0.2, 0) is 6.54 Å². The molecule has 92 valence electrons. The van der Waals surface area contributed by atoms with Crippen LogP contribution in [-0.4, -0.2) is 23.9 Å². The Bertz CT molecular complexity index is 364. The van der Waals surface area contributed by atoms with Crippen molar-refractivity contribution in [3.8, 4) is 0 Å². The Hall–Kier alpha value is -1.35. The first kappa shape index (κ1) is 12.1. The third-order valence-corrected chi connectivity index (χ3v) is 3.34. The minimum atomic E-state index is -0.355. The number of hydrogen-bond donors (Lipinski definition) is 1. The molecular formula is C14H20N2O. The zero-order valence-corrected chi connectivity index (χ0v) is 10.2. The number of rotatable bonds is 3. The molecule has 3 heteroatoms. The maximum absolute atomic E-state index is 11.0. The third kappa shape index (κ3) is 3.56. The van der Waals surface area contributed by atoms with Crippen LogP contribution in [0.4, 0.5) is 0 Å². The van der Waals surface area contributed by atoms with Crippen LogP contribution < -0.4 is 5.73 Å². The summed E-state index contributed by atoms with van der Waals surface area (Å²) in [6.45, 7) is 3.37. The highest BCUT2D eigenvalue weighted by atomic mass is 16.1. The zero-order valence-electron chi connectivity index (χ0n) is 10.2. The van der Waals surface area contributed by atoms with Gasteiger partial charge in [-0.25, -0.2) is 0 Å². The summed E-state index contributed by atoms with van der Waals surface area (Å²) in [6, 6.07) is 7.64. The van der Waals surface area contributed by atoms with E-state index in [4.69, 9.17) is 5.73 Å². The lowest BCUT2D eigenvalue weighted by Crippen LogP contribution is -2.24. The van der Waals surface area contributed by atoms with Gasteiger partial charge in [0.25, 0.3) is 0 Å². The van der Waals surface area contributed by atoms with Crippen molar-refractivity contribution in [1.82, 2.24) is 4.90 Å². The lowest BCUT2D eigenvalue weighted by Gasteiger charge is -2.19. The molecule has 0 radical (unpaired) electrons. The van der Waals surface area contributed by atoms with E-state index in [1.54, 1.807) is 0 Å². The van der Waals surface area contributed by atoms with E-state index in [1.165, 1.54) is 44.3 Å². The standard InChI is InChI=1S/C14H20N2O/c15-14(17)13-7-5-12(6-8-13)11-16-9-3-1-2-4-10-16/h5-8H,1-4,9-11H2,(H2,15,17). The molecule has 1 amide bonds. The summed E-state index contributed by atoms with van der Waals surface area (Å²) in [6.07, 6.45) is 5.33. The number of primary amides is 1. The Kier molecular flexibility index (Phi) is 4.15. The smallest absolute Gasteiger partial charge is 0.248 e. The van der Waals surface area contributed by atoms with Crippen LogP contribution in [0, 0.1) is 0 Å². The van der Waals surface area contributed by atoms with Crippen molar-refractivity contribution in [2.75, 3.05) is 13.1 Å². The average molecular weight is 232 g/mol. The van der Waals surface area contributed by atoms with Crippen molar-refractivity contribution < 1.29 is 4.79 Å². The minimum absolute atomic E-state index is 0.355. The molecule has 17 heavy (non-hydrogen) atoms. The van der Waals surface area contributed by atoms with Gasteiger partial charge >= 0.3 is 0 Å². The first-order chi connectivity index (χ1) is 8.25. The SMILES string of the molecule is NC(=O)c1ccc(CN2CCCCCC2)cc1. The lowest BCUT2D eigenvalue weighted by atomic mass is 10.1. The van der Waals surface area contributed by atoms with Gasteiger partial charge in [-0.1, -0.05) is 25.0 Å². The minimum Gasteiger partial charge on any atom is -0.366 e. The number of amides is 1. The number of benzene rings is 1. The molecule has 1 fully saturated rings. The summed E-state index contributed by atoms with van der Waals surface area (Å²) in [5.41, 5.74) is 7.07. The number of nitrogens with two attached hydrogens (primary N) is 1. The molecule has 1 aliphatic rings. The van der Waals surface area contributed by atoms with Crippen LogP contribution in [0.2, 0.25) is 0 Å². The number of hydrogen-bond acceptors (Lipinski definition) is 2. The maximum atomic E-state index is 11.0. The normalized spacial score (nSPS) is 17.6. The van der Waals surface area contributed by atoms with E-state index in [9.17, 15) is 4.79 Å². The van der Waals surface area contributed by atoms with Crippen molar-refractivity contribution in [2.24, 2.45) is 5.73 Å². The molecule has 0 bridgehead atoms. The van der Waals surface area contributed by atoms with Crippen molar-refractivity contribution in [2.45, 2.75) is 32.2 Å². The van der Waals surface area contributed by atoms with E-state index in [0.717, 1.165) is 6.54 Å². The van der Waals surface area contributed by atoms with Crippen molar-refractivity contribution >= 4 is 5.91 Å². The molecule has 2 N–H and O–H groups in total. The quantitative estimate of drug-likeness (QED) is 0.868. The van der Waals surface area contributed by atoms with Gasteiger partial charge in [-0.2, -0.15) is 0 Å². The van der Waals surface area contributed by atoms with Gasteiger partial charge < -0.3 is 5.73 Å². The number of nitrogens with zero attached hydrogens (tertiary/aromatic N) is 1. The Morgan fingerprint density at radius 2 is 1.65 bits per heavy atom. The molecule has 1 heterocycles. The Labute approximate surface area is 103 Å². The fourth-order valence-corrected chi connectivity index (χ4v) is 2.33. The first-order valence-corrected chi connectivity index (χ1v) is 6.37. The van der Waals surface area contributed by atoms with Crippen LogP contribution in [0.3, 0.4) is 0 Å². The van der Waals surface area contributed by atoms with Gasteiger partial charge in [0, 0.05) is 12.1 Å². The van der Waals surface area contributed by atoms with Crippen LogP contribution in [0.25, 0.3) is 0 Å². The zero-order chi connectivity index (χ0) is 12.1. The first-order valence-electron chi connectivity index (χ1n) is 6.37. The molecule has 0 saturated carbocycles. The second-order valence-electron chi connectivity index (χ2n) is 4.75. The van der Waals surface area contributed by atoms with Gasteiger partial charge in [0.1, 0.15) is 0 Å². The van der Waals surface area contributed by atoms with Crippen LogP contribution >= 0.6 is 0 Å². The highest BCUT2D eigenvalue weighted by Gasteiger charge is 2.09. The predicted octanol–water partition coefficient (Wildman–Crippen LogP) is 2.16. The van der Waals surface area contributed by atoms with Crippen molar-refractivity contribution in [3.63, 3.8) is 0 Å². The van der Waals surface area contributed by atoms with E-state index in [1.807, 2.05) is 24.3 Å². The van der Waals surface area contributed by atoms with Gasteiger partial charge in [-0.05, 0) is 43.6 Å². The molecule has 1 aromatic carbocycles. The summed E-state index contributed by atoms with van der Waals surface area (Å²) in [5, 5.41) is 0. The summed E-state index contributed by atoms with van der Waals surface area (Å²) < 4.78 is 0. The Morgan fingerprint density at radius 1 is 1.06 bits per heavy atom. The van der Waals surface area contributed by atoms with E-state index in [2.05, 4.69) is 4.90 Å². The number of carbonyl (C=O) groups excluding carboxylic acids is 1. The topological polar surface area (TPSA) is 46.3 Å². The molecule has 0 atom stereocenters. The third-order valence-electron chi connectivity index (χ3n) is 3.34. The van der Waals surface area contributed by atoms with Crippen LogP contribution in [0.1, 0.15) is 41.6 Å². The Morgan fingerprint density at radius 3 is 2.18 bits per heavy atom. The molecule has 1 aliphatic heterocycles. The van der Waals surface area contributed by atoms with E-state index in [0.29, 0.717) is 5.56 Å². The maximum Gasteiger partial charge on any atom is 0.248 e. The van der Waals surface area contributed by atoms with E-state index >= 15 is 0 Å². The number of likely N-dealkylation sites (tertiary alicyclic amines) is 1. The lowest BCUT2D eigenvalue weighted by molar-refractivity contribution is 0.100. The van der Waals surface area contributed by atoms with Crippen molar-refractivity contribution in [1.29, 1.82) is 0 Å². The molecule has 0 aromatic heterocycles. The molecule has 0 aliphatic carbocycles. The predicted molar refractivity (Wildman–Crippen MR) is 68.7 cm³/mol. The highest BCUT2D eigenvalue weighted by molar-refractivity contribution is 5.92. The van der Waals surface area contributed by atoms with Gasteiger partial charge in [0.2, 0.25) is 5.91 Å². The molecule has 1 aromatic rings. The summed E-state index contributed by atoms with van der Waals surface area (Å²) in [7, 11) is 0. The summed E-state index contributed by atoms with van der Waals surface area (Å²) in [5.74, 6) is -0.355. The van der Waals surface area contributed by atoms with Crippen molar-refractivity contribution in [3.05, 3.63) is 35.4 Å². The van der Waals surface area contributed by atoms with Crippen LogP contribution in [0.5, 0.6) is 0 Å². The fourth-order valence-electron chi connectivity index (χ4n) is 2.33. The van der Waals surface area contributed by atoms with Gasteiger partial charge in [0.15, 0.2) is 0 Å². The monoisotopic (exact) mass is 232 g/mol. The largest absolute Gasteiger partial charge is 0.366 e. The Balaban J connectivity index is 1.95. The summed E-state index contributed by atoms with van der Waals surface area (Å²) in [4.78, 5) is 13.5. The fraction of sp³-hybridized carbons (Fsp3) is 0.500. The number of carbonyl (C=O) groups is 1. The van der Waals surface area contributed by atoms with Gasteiger partial charge in [-0.15, -0.1) is 0 Å². The average Bonchev–Trinajstić information content (AvgIpc) is 2.58. The molecule has 2 rings (SSSR count). The summed E-state index contributed by atoms with van der Waals surface area (Å²) >= 11 is 0. The molecule has 3 nitrogen and oxygen atoms in total. The van der Waals surface area contributed by atoms with Gasteiger partial charge in [0.05, 0.1) is 0 Å². The molecular weight excluding hydrogens is 212 g/mol. The van der Waals surface area contributed by atoms with E-state index in [-0.39, 0.29) is 5.91 Å². The second kappa shape index (κ2) is 5.82. The van der Waals surface area contributed by atoms with E-state index < -0.39 is 0 Å². The second-order valence-corrected chi connectivity index (χ2v) is 4.75. The highest BCUT2D eigenvalue weighted by Crippen LogP contribution is 2.13. The van der Waals surface area contributed by atoms with Crippen LogP contribution in [0.15, 0.2) is 24.3 Å². The molecule has 0 spiro atoms.